The summed E-state index contributed by atoms with van der Waals surface area (Å²) in [6, 6.07) is 0. The first-order valence-corrected chi connectivity index (χ1v) is 8.26. The summed E-state index contributed by atoms with van der Waals surface area (Å²) in [7, 11) is 0. The average Bonchev–Trinajstić information content (AvgIpc) is 2.89. The number of carbonyl (C=O) groups is 1. The first kappa shape index (κ1) is 16.7. The highest BCUT2D eigenvalue weighted by atomic mass is 16.5. The topological polar surface area (TPSA) is 44.8 Å². The highest BCUT2D eigenvalue weighted by Crippen LogP contribution is 2.17. The van der Waals surface area contributed by atoms with Gasteiger partial charge in [0.15, 0.2) is 0 Å². The van der Waals surface area contributed by atoms with Crippen molar-refractivity contribution in [3.05, 3.63) is 0 Å². The maximum Gasteiger partial charge on any atom is 0.234 e. The molecule has 0 bridgehead atoms. The lowest BCUT2D eigenvalue weighted by atomic mass is 10.0. The van der Waals surface area contributed by atoms with Gasteiger partial charge < -0.3 is 15.0 Å². The van der Waals surface area contributed by atoms with Crippen LogP contribution >= 0.6 is 0 Å². The Balaban J connectivity index is 1.60. The lowest BCUT2D eigenvalue weighted by Gasteiger charge is -2.35. The molecule has 0 aliphatic carbocycles. The number of rotatable bonds is 5. The molecule has 0 aromatic carbocycles. The van der Waals surface area contributed by atoms with Crippen LogP contribution in [0.3, 0.4) is 0 Å². The van der Waals surface area contributed by atoms with E-state index in [4.69, 9.17) is 4.74 Å². The molecule has 122 valence electrons. The fourth-order valence-electron chi connectivity index (χ4n) is 3.01. The van der Waals surface area contributed by atoms with Crippen LogP contribution in [0.15, 0.2) is 0 Å². The zero-order valence-corrected chi connectivity index (χ0v) is 13.9. The summed E-state index contributed by atoms with van der Waals surface area (Å²) < 4.78 is 5.43. The van der Waals surface area contributed by atoms with E-state index in [1.54, 1.807) is 0 Å². The molecule has 2 aliphatic heterocycles. The fourth-order valence-corrected chi connectivity index (χ4v) is 3.01. The zero-order chi connectivity index (χ0) is 15.3. The van der Waals surface area contributed by atoms with E-state index < -0.39 is 0 Å². The van der Waals surface area contributed by atoms with Crippen molar-refractivity contribution in [2.45, 2.75) is 39.2 Å². The van der Waals surface area contributed by atoms with Gasteiger partial charge in [-0.15, -0.1) is 0 Å². The number of ether oxygens (including phenoxy) is 1. The third-order valence-electron chi connectivity index (χ3n) is 4.22. The van der Waals surface area contributed by atoms with Gasteiger partial charge in [0, 0.05) is 44.9 Å². The third kappa shape index (κ3) is 6.32. The van der Waals surface area contributed by atoms with Crippen LogP contribution in [0.2, 0.25) is 0 Å². The number of carbonyl (C=O) groups excluding carboxylic acids is 1. The summed E-state index contributed by atoms with van der Waals surface area (Å²) in [5, 5.41) is 3.03. The van der Waals surface area contributed by atoms with Gasteiger partial charge in [0.05, 0.1) is 6.54 Å². The van der Waals surface area contributed by atoms with E-state index in [0.29, 0.717) is 6.54 Å². The van der Waals surface area contributed by atoms with E-state index in [-0.39, 0.29) is 11.4 Å². The monoisotopic (exact) mass is 297 g/mol. The molecule has 1 amide bonds. The normalized spacial score (nSPS) is 25.2. The molecule has 1 atom stereocenters. The summed E-state index contributed by atoms with van der Waals surface area (Å²) in [6.07, 6.45) is 2.48. The van der Waals surface area contributed by atoms with Crippen molar-refractivity contribution in [3.63, 3.8) is 0 Å². The first-order chi connectivity index (χ1) is 9.92. The summed E-state index contributed by atoms with van der Waals surface area (Å²) in [5.74, 6) is 0.902. The van der Waals surface area contributed by atoms with Gasteiger partial charge in [-0.05, 0) is 46.1 Å². The molecule has 5 heteroatoms. The predicted molar refractivity (Wildman–Crippen MR) is 84.3 cm³/mol. The van der Waals surface area contributed by atoms with Crippen molar-refractivity contribution in [2.75, 3.05) is 52.5 Å². The van der Waals surface area contributed by atoms with Crippen LogP contribution in [0.5, 0.6) is 0 Å². The van der Waals surface area contributed by atoms with E-state index in [1.807, 2.05) is 20.8 Å². The number of hydrogen-bond donors (Lipinski definition) is 1. The van der Waals surface area contributed by atoms with E-state index in [9.17, 15) is 4.79 Å². The lowest BCUT2D eigenvalue weighted by molar-refractivity contribution is -0.124. The molecule has 2 saturated heterocycles. The molecular formula is C16H31N3O2. The second-order valence-electron chi connectivity index (χ2n) is 7.43. The summed E-state index contributed by atoms with van der Waals surface area (Å²) in [6.45, 7) is 13.8. The Morgan fingerprint density at radius 2 is 1.86 bits per heavy atom. The molecule has 1 N–H and O–H groups in total. The minimum absolute atomic E-state index is 0.137. The Morgan fingerprint density at radius 3 is 2.43 bits per heavy atom. The Bertz CT molecular complexity index is 327. The first-order valence-electron chi connectivity index (χ1n) is 8.26. The Morgan fingerprint density at radius 1 is 1.19 bits per heavy atom. The van der Waals surface area contributed by atoms with Gasteiger partial charge in [0.1, 0.15) is 0 Å². The molecule has 2 rings (SSSR count). The largest absolute Gasteiger partial charge is 0.381 e. The van der Waals surface area contributed by atoms with E-state index in [2.05, 4.69) is 15.1 Å². The third-order valence-corrected chi connectivity index (χ3v) is 4.22. The number of nitrogens with one attached hydrogen (secondary N) is 1. The standard InChI is InChI=1S/C16H31N3O2/c1-16(2,3)17-15(20)12-19-9-7-18(8-10-19)6-4-14-5-11-21-13-14/h14H,4-13H2,1-3H3,(H,17,20). The number of nitrogens with zero attached hydrogens (tertiary/aromatic N) is 2. The molecule has 2 fully saturated rings. The van der Waals surface area contributed by atoms with Crippen molar-refractivity contribution >= 4 is 5.91 Å². The summed E-state index contributed by atoms with van der Waals surface area (Å²) in [4.78, 5) is 16.7. The quantitative estimate of drug-likeness (QED) is 0.820. The SMILES string of the molecule is CC(C)(C)NC(=O)CN1CCN(CCC2CCOC2)CC1. The van der Waals surface area contributed by atoms with Gasteiger partial charge in [-0.1, -0.05) is 0 Å². The maximum absolute atomic E-state index is 11.9. The summed E-state index contributed by atoms with van der Waals surface area (Å²) in [5.41, 5.74) is -0.137. The van der Waals surface area contributed by atoms with Gasteiger partial charge in [0.25, 0.3) is 0 Å². The van der Waals surface area contributed by atoms with Crippen molar-refractivity contribution < 1.29 is 9.53 Å². The number of piperazine rings is 1. The molecule has 0 spiro atoms. The zero-order valence-electron chi connectivity index (χ0n) is 13.9. The highest BCUT2D eigenvalue weighted by Gasteiger charge is 2.22. The second-order valence-corrected chi connectivity index (χ2v) is 7.43. The molecule has 21 heavy (non-hydrogen) atoms. The summed E-state index contributed by atoms with van der Waals surface area (Å²) >= 11 is 0. The van der Waals surface area contributed by atoms with Crippen LogP contribution in [-0.2, 0) is 9.53 Å². The molecule has 2 aliphatic rings. The van der Waals surface area contributed by atoms with Crippen LogP contribution < -0.4 is 5.32 Å². The van der Waals surface area contributed by atoms with Crippen molar-refractivity contribution in [3.8, 4) is 0 Å². The fraction of sp³-hybridized carbons (Fsp3) is 0.938. The van der Waals surface area contributed by atoms with Crippen LogP contribution in [0.1, 0.15) is 33.6 Å². The maximum atomic E-state index is 11.9. The molecular weight excluding hydrogens is 266 g/mol. The Labute approximate surface area is 129 Å². The van der Waals surface area contributed by atoms with E-state index >= 15 is 0 Å². The smallest absolute Gasteiger partial charge is 0.234 e. The van der Waals surface area contributed by atoms with Crippen LogP contribution in [0, 0.1) is 5.92 Å². The molecule has 1 unspecified atom stereocenters. The van der Waals surface area contributed by atoms with Crippen LogP contribution in [0.25, 0.3) is 0 Å². The molecule has 0 aromatic rings. The molecule has 0 saturated carbocycles. The Hall–Kier alpha value is -0.650. The van der Waals surface area contributed by atoms with Gasteiger partial charge in [-0.25, -0.2) is 0 Å². The van der Waals surface area contributed by atoms with Gasteiger partial charge in [-0.2, -0.15) is 0 Å². The van der Waals surface area contributed by atoms with Gasteiger partial charge >= 0.3 is 0 Å². The average molecular weight is 297 g/mol. The van der Waals surface area contributed by atoms with Gasteiger partial charge in [-0.3, -0.25) is 9.69 Å². The minimum Gasteiger partial charge on any atom is -0.381 e. The van der Waals surface area contributed by atoms with E-state index in [1.165, 1.54) is 19.4 Å². The number of amides is 1. The molecule has 5 nitrogen and oxygen atoms in total. The minimum atomic E-state index is -0.137. The predicted octanol–water partition coefficient (Wildman–Crippen LogP) is 0.945. The second kappa shape index (κ2) is 7.56. The van der Waals surface area contributed by atoms with Crippen molar-refractivity contribution in [1.82, 2.24) is 15.1 Å². The van der Waals surface area contributed by atoms with Crippen molar-refractivity contribution in [1.29, 1.82) is 0 Å². The van der Waals surface area contributed by atoms with E-state index in [0.717, 1.165) is 45.3 Å². The molecule has 0 radical (unpaired) electrons. The Kier molecular flexibility index (Phi) is 6.02. The molecule has 0 aromatic heterocycles. The van der Waals surface area contributed by atoms with Crippen molar-refractivity contribution in [2.24, 2.45) is 5.92 Å². The van der Waals surface area contributed by atoms with Gasteiger partial charge in [0.2, 0.25) is 5.91 Å². The van der Waals surface area contributed by atoms with Crippen LogP contribution in [-0.4, -0.2) is 73.7 Å². The number of hydrogen-bond acceptors (Lipinski definition) is 4. The molecule has 2 heterocycles. The lowest BCUT2D eigenvalue weighted by Crippen LogP contribution is -2.51. The van der Waals surface area contributed by atoms with Crippen LogP contribution in [0.4, 0.5) is 0 Å². The highest BCUT2D eigenvalue weighted by molar-refractivity contribution is 5.78.